The van der Waals surface area contributed by atoms with Gasteiger partial charge in [0.1, 0.15) is 13.2 Å². The van der Waals surface area contributed by atoms with Gasteiger partial charge in [0.05, 0.1) is 0 Å². The van der Waals surface area contributed by atoms with Crippen LogP contribution < -0.4 is 0 Å². The first kappa shape index (κ1) is 58.4. The number of esters is 3. The molecule has 1 atom stereocenters. The van der Waals surface area contributed by atoms with E-state index < -0.39 is 6.10 Å². The predicted molar refractivity (Wildman–Crippen MR) is 256 cm³/mol. The summed E-state index contributed by atoms with van der Waals surface area (Å²) in [5.74, 6) is 0.755. The van der Waals surface area contributed by atoms with Crippen LogP contribution in [-0.4, -0.2) is 37.2 Å². The second-order valence-electron chi connectivity index (χ2n) is 19.5. The number of hydrogen-bond acceptors (Lipinski definition) is 6. The molecule has 60 heavy (non-hydrogen) atoms. The summed E-state index contributed by atoms with van der Waals surface area (Å²) in [4.78, 5) is 37.9. The molecule has 0 aromatic carbocycles. The summed E-state index contributed by atoms with van der Waals surface area (Å²) < 4.78 is 16.8. The van der Waals surface area contributed by atoms with Crippen molar-refractivity contribution in [2.75, 3.05) is 13.2 Å². The maximum Gasteiger partial charge on any atom is 0.306 e. The molecule has 0 rings (SSSR count). The molecule has 0 spiro atoms. The molecule has 0 saturated carbocycles. The number of carbonyl (C=O) groups is 3. The molecule has 0 fully saturated rings. The van der Waals surface area contributed by atoms with Crippen molar-refractivity contribution >= 4 is 17.9 Å². The van der Waals surface area contributed by atoms with Gasteiger partial charge in [-0.25, -0.2) is 0 Å². The molecule has 0 aliphatic carbocycles. The fraction of sp³-hybridized carbons (Fsp3) is 0.944. The van der Waals surface area contributed by atoms with Gasteiger partial charge in [0, 0.05) is 19.3 Å². The second-order valence-corrected chi connectivity index (χ2v) is 19.5. The zero-order valence-corrected chi connectivity index (χ0v) is 41.1. The van der Waals surface area contributed by atoms with E-state index in [1.807, 2.05) is 0 Å². The van der Waals surface area contributed by atoms with Crippen molar-refractivity contribution in [1.29, 1.82) is 0 Å². The maximum absolute atomic E-state index is 12.8. The van der Waals surface area contributed by atoms with Gasteiger partial charge in [0.25, 0.3) is 0 Å². The van der Waals surface area contributed by atoms with E-state index in [2.05, 4.69) is 34.6 Å². The lowest BCUT2D eigenvalue weighted by Crippen LogP contribution is -2.30. The third kappa shape index (κ3) is 47.5. The first-order chi connectivity index (χ1) is 29.2. The number of unbranched alkanes of at least 4 members (excludes halogenated alkanes) is 33. The lowest BCUT2D eigenvalue weighted by Gasteiger charge is -2.18. The highest BCUT2D eigenvalue weighted by atomic mass is 16.6. The van der Waals surface area contributed by atoms with Gasteiger partial charge in [0.15, 0.2) is 6.10 Å². The number of hydrogen-bond donors (Lipinski definition) is 0. The fourth-order valence-electron chi connectivity index (χ4n) is 8.17. The Morgan fingerprint density at radius 3 is 0.817 bits per heavy atom. The molecule has 6 heteroatoms. The van der Waals surface area contributed by atoms with Crippen molar-refractivity contribution < 1.29 is 28.6 Å². The average molecular weight is 849 g/mol. The second kappa shape index (κ2) is 46.9. The minimum absolute atomic E-state index is 0.0645. The first-order valence-electron chi connectivity index (χ1n) is 26.7. The zero-order chi connectivity index (χ0) is 44.0. The van der Waals surface area contributed by atoms with Crippen LogP contribution in [0.2, 0.25) is 0 Å². The van der Waals surface area contributed by atoms with Crippen LogP contribution in [0, 0.1) is 11.8 Å². The smallest absolute Gasteiger partial charge is 0.306 e. The van der Waals surface area contributed by atoms with Gasteiger partial charge in [-0.2, -0.15) is 0 Å². The molecule has 0 aromatic heterocycles. The van der Waals surface area contributed by atoms with Crippen LogP contribution in [0.15, 0.2) is 0 Å². The van der Waals surface area contributed by atoms with Crippen LogP contribution in [0.25, 0.3) is 0 Å². The molecule has 0 bridgehead atoms. The van der Waals surface area contributed by atoms with Gasteiger partial charge >= 0.3 is 17.9 Å². The normalized spacial score (nSPS) is 12.1. The first-order valence-corrected chi connectivity index (χ1v) is 26.7. The fourth-order valence-corrected chi connectivity index (χ4v) is 8.17. The summed E-state index contributed by atoms with van der Waals surface area (Å²) in [6, 6.07) is 0. The van der Waals surface area contributed by atoms with E-state index in [4.69, 9.17) is 14.2 Å². The highest BCUT2D eigenvalue weighted by Crippen LogP contribution is 2.17. The molecule has 0 aliphatic heterocycles. The van der Waals surface area contributed by atoms with E-state index in [1.165, 1.54) is 186 Å². The van der Waals surface area contributed by atoms with Crippen molar-refractivity contribution in [1.82, 2.24) is 0 Å². The zero-order valence-electron chi connectivity index (χ0n) is 41.1. The largest absolute Gasteiger partial charge is 0.462 e. The Labute approximate surface area is 374 Å². The molecule has 6 nitrogen and oxygen atoms in total. The lowest BCUT2D eigenvalue weighted by molar-refractivity contribution is -0.167. The third-order valence-electron chi connectivity index (χ3n) is 12.2. The maximum atomic E-state index is 12.8. The number of ether oxygens (including phenoxy) is 3. The molecule has 0 aromatic rings. The predicted octanol–water partition coefficient (Wildman–Crippen LogP) is 17.3. The Kier molecular flexibility index (Phi) is 45.7. The molecule has 0 saturated heterocycles. The molecule has 0 aliphatic rings. The van der Waals surface area contributed by atoms with Gasteiger partial charge in [-0.05, 0) is 31.1 Å². The minimum atomic E-state index is -0.762. The van der Waals surface area contributed by atoms with E-state index >= 15 is 0 Å². The highest BCUT2D eigenvalue weighted by Gasteiger charge is 2.19. The monoisotopic (exact) mass is 849 g/mol. The van der Waals surface area contributed by atoms with Crippen molar-refractivity contribution in [2.45, 2.75) is 304 Å². The van der Waals surface area contributed by atoms with Crippen molar-refractivity contribution in [3.8, 4) is 0 Å². The van der Waals surface area contributed by atoms with E-state index in [1.54, 1.807) is 0 Å². The molecule has 0 radical (unpaired) electrons. The summed E-state index contributed by atoms with van der Waals surface area (Å²) in [6.07, 6.45) is 48.2. The van der Waals surface area contributed by atoms with Crippen LogP contribution >= 0.6 is 0 Å². The summed E-state index contributed by atoms with van der Waals surface area (Å²) in [6.45, 7) is 11.3. The van der Waals surface area contributed by atoms with Crippen molar-refractivity contribution in [2.24, 2.45) is 11.8 Å². The Hall–Kier alpha value is -1.59. The van der Waals surface area contributed by atoms with Crippen molar-refractivity contribution in [3.63, 3.8) is 0 Å². The Morgan fingerprint density at radius 1 is 0.317 bits per heavy atom. The van der Waals surface area contributed by atoms with Crippen LogP contribution in [0.5, 0.6) is 0 Å². The number of carbonyl (C=O) groups excluding carboxylic acids is 3. The van der Waals surface area contributed by atoms with E-state index in [-0.39, 0.29) is 31.1 Å². The standard InChI is InChI=1S/C54H104O6/c1-6-7-8-9-10-11-12-13-14-15-16-17-18-19-20-23-31-36-41-46-54(57)60-51(48-59-53(56)45-40-35-30-26-25-28-33-38-43-50(4)5)47-58-52(55)44-39-34-29-24-21-22-27-32-37-42-49(2)3/h49-51H,6-48H2,1-5H3/t51-/m1/s1. The Balaban J connectivity index is 4.26. The summed E-state index contributed by atoms with van der Waals surface area (Å²) >= 11 is 0. The highest BCUT2D eigenvalue weighted by molar-refractivity contribution is 5.71. The van der Waals surface area contributed by atoms with E-state index in [0.29, 0.717) is 19.3 Å². The number of rotatable bonds is 48. The van der Waals surface area contributed by atoms with Gasteiger partial charge in [-0.3, -0.25) is 14.4 Å². The Bertz CT molecular complexity index is 916. The quantitative estimate of drug-likeness (QED) is 0.0345. The molecule has 0 unspecified atom stereocenters. The minimum Gasteiger partial charge on any atom is -0.462 e. The molecule has 0 heterocycles. The molecular weight excluding hydrogens is 745 g/mol. The molecule has 0 N–H and O–H groups in total. The van der Waals surface area contributed by atoms with E-state index in [0.717, 1.165) is 69.6 Å². The van der Waals surface area contributed by atoms with Gasteiger partial charge < -0.3 is 14.2 Å². The van der Waals surface area contributed by atoms with E-state index in [9.17, 15) is 14.4 Å². The molecule has 0 amide bonds. The third-order valence-corrected chi connectivity index (χ3v) is 12.2. The average Bonchev–Trinajstić information content (AvgIpc) is 3.22. The van der Waals surface area contributed by atoms with Crippen LogP contribution in [0.3, 0.4) is 0 Å². The van der Waals surface area contributed by atoms with Crippen LogP contribution in [0.4, 0.5) is 0 Å². The summed E-state index contributed by atoms with van der Waals surface area (Å²) in [5, 5.41) is 0. The van der Waals surface area contributed by atoms with Gasteiger partial charge in [-0.15, -0.1) is 0 Å². The Morgan fingerprint density at radius 2 is 0.550 bits per heavy atom. The SMILES string of the molecule is CCCCCCCCCCCCCCCCCCCCCC(=O)O[C@H](COC(=O)CCCCCCCCCCCC(C)C)COC(=O)CCCCCCCCCCC(C)C. The summed E-state index contributed by atoms with van der Waals surface area (Å²) in [5.41, 5.74) is 0. The van der Waals surface area contributed by atoms with Gasteiger partial charge in [-0.1, -0.05) is 259 Å². The van der Waals surface area contributed by atoms with Crippen LogP contribution in [-0.2, 0) is 28.6 Å². The topological polar surface area (TPSA) is 78.9 Å². The van der Waals surface area contributed by atoms with Crippen LogP contribution in [0.1, 0.15) is 298 Å². The molecular formula is C54H104O6. The lowest BCUT2D eigenvalue weighted by atomic mass is 10.0. The van der Waals surface area contributed by atoms with Gasteiger partial charge in [0.2, 0.25) is 0 Å². The van der Waals surface area contributed by atoms with Crippen molar-refractivity contribution in [3.05, 3.63) is 0 Å². The molecule has 356 valence electrons. The summed E-state index contributed by atoms with van der Waals surface area (Å²) in [7, 11) is 0.